The van der Waals surface area contributed by atoms with Crippen LogP contribution in [-0.4, -0.2) is 32.6 Å². The van der Waals surface area contributed by atoms with E-state index >= 15 is 0 Å². The van der Waals surface area contributed by atoms with Gasteiger partial charge in [0.1, 0.15) is 18.2 Å². The van der Waals surface area contributed by atoms with Crippen molar-refractivity contribution < 1.29 is 19.4 Å². The maximum absolute atomic E-state index is 12.8. The molecule has 1 fully saturated rings. The van der Waals surface area contributed by atoms with Crippen LogP contribution in [0.5, 0.6) is 5.75 Å². The molecule has 7 nitrogen and oxygen atoms in total. The zero-order valence-electron chi connectivity index (χ0n) is 25.1. The van der Waals surface area contributed by atoms with Gasteiger partial charge in [0.2, 0.25) is 0 Å². The smallest absolute Gasteiger partial charge is 0.335 e. The SMILES string of the molecule is CC(C)NC(=O)c1ccc(-c2ccc(Cl)cc2)c(COc2ccc(-c3nc4cc(C(=O)O)ccc4n3C3CCCC3)cc2)c1.Cl. The summed E-state index contributed by atoms with van der Waals surface area (Å²) in [7, 11) is 0. The van der Waals surface area contributed by atoms with Crippen molar-refractivity contribution in [2.45, 2.75) is 58.2 Å². The molecule has 0 bridgehead atoms. The number of aromatic carboxylic acids is 1. The third-order valence-electron chi connectivity index (χ3n) is 8.08. The molecule has 5 aromatic rings. The summed E-state index contributed by atoms with van der Waals surface area (Å²) >= 11 is 6.13. The molecule has 0 atom stereocenters. The average molecular weight is 645 g/mol. The second-order valence-electron chi connectivity index (χ2n) is 11.6. The van der Waals surface area contributed by atoms with Crippen molar-refractivity contribution in [3.05, 3.63) is 107 Å². The molecule has 1 aliphatic rings. The van der Waals surface area contributed by atoms with E-state index in [0.717, 1.165) is 46.4 Å². The van der Waals surface area contributed by atoms with Crippen molar-refractivity contribution in [3.8, 4) is 28.3 Å². The highest BCUT2D eigenvalue weighted by atomic mass is 35.5. The van der Waals surface area contributed by atoms with Crippen LogP contribution >= 0.6 is 24.0 Å². The molecule has 0 unspecified atom stereocenters. The molecular weight excluding hydrogens is 609 g/mol. The van der Waals surface area contributed by atoms with E-state index in [0.29, 0.717) is 27.9 Å². The van der Waals surface area contributed by atoms with Crippen LogP contribution in [0.1, 0.15) is 71.9 Å². The number of amides is 1. The average Bonchev–Trinajstić information content (AvgIpc) is 3.68. The first-order chi connectivity index (χ1) is 21.3. The lowest BCUT2D eigenvalue weighted by atomic mass is 9.97. The van der Waals surface area contributed by atoms with E-state index in [9.17, 15) is 14.7 Å². The number of hydrogen-bond acceptors (Lipinski definition) is 4. The Morgan fingerprint density at radius 2 is 1.60 bits per heavy atom. The van der Waals surface area contributed by atoms with E-state index in [4.69, 9.17) is 21.3 Å². The number of ether oxygens (including phenoxy) is 1. The quantitative estimate of drug-likeness (QED) is 0.167. The molecule has 0 aliphatic heterocycles. The summed E-state index contributed by atoms with van der Waals surface area (Å²) < 4.78 is 8.54. The third-order valence-corrected chi connectivity index (χ3v) is 8.33. The predicted molar refractivity (Wildman–Crippen MR) is 181 cm³/mol. The van der Waals surface area contributed by atoms with Gasteiger partial charge in [-0.15, -0.1) is 12.4 Å². The number of carboxylic acid groups (broad SMARTS) is 1. The molecule has 6 rings (SSSR count). The lowest BCUT2D eigenvalue weighted by molar-refractivity contribution is 0.0696. The summed E-state index contributed by atoms with van der Waals surface area (Å²) in [5, 5.41) is 13.1. The number of halogens is 2. The topological polar surface area (TPSA) is 93.4 Å². The van der Waals surface area contributed by atoms with Crippen molar-refractivity contribution in [2.24, 2.45) is 0 Å². The molecule has 9 heteroatoms. The van der Waals surface area contributed by atoms with E-state index < -0.39 is 5.97 Å². The summed E-state index contributed by atoms with van der Waals surface area (Å²) in [5.74, 6) is 0.420. The van der Waals surface area contributed by atoms with Crippen LogP contribution in [0, 0.1) is 0 Å². The van der Waals surface area contributed by atoms with Crippen LogP contribution < -0.4 is 10.1 Å². The predicted octanol–water partition coefficient (Wildman–Crippen LogP) is 8.98. The fourth-order valence-electron chi connectivity index (χ4n) is 5.94. The van der Waals surface area contributed by atoms with Gasteiger partial charge in [-0.05, 0) is 110 Å². The van der Waals surface area contributed by atoms with Crippen molar-refractivity contribution >= 4 is 46.9 Å². The van der Waals surface area contributed by atoms with Crippen molar-refractivity contribution in [1.82, 2.24) is 14.9 Å². The van der Waals surface area contributed by atoms with Gasteiger partial charge >= 0.3 is 5.97 Å². The first kappa shape index (κ1) is 32.1. The molecule has 2 N–H and O–H groups in total. The number of benzene rings is 4. The summed E-state index contributed by atoms with van der Waals surface area (Å²) in [6.07, 6.45) is 4.49. The molecule has 0 spiro atoms. The Bertz CT molecular complexity index is 1830. The van der Waals surface area contributed by atoms with Gasteiger partial charge in [0.05, 0.1) is 16.6 Å². The highest BCUT2D eigenvalue weighted by molar-refractivity contribution is 6.30. The summed E-state index contributed by atoms with van der Waals surface area (Å²) in [5.41, 5.74) is 6.20. The number of carboxylic acids is 1. The molecule has 232 valence electrons. The van der Waals surface area contributed by atoms with Gasteiger partial charge in [0, 0.05) is 28.2 Å². The minimum Gasteiger partial charge on any atom is -0.489 e. The number of hydrogen-bond donors (Lipinski definition) is 2. The Kier molecular flexibility index (Phi) is 9.80. The lowest BCUT2D eigenvalue weighted by Crippen LogP contribution is -2.30. The number of nitrogens with one attached hydrogen (secondary N) is 1. The van der Waals surface area contributed by atoms with Crippen LogP contribution in [0.15, 0.2) is 84.9 Å². The monoisotopic (exact) mass is 643 g/mol. The minimum absolute atomic E-state index is 0. The molecule has 1 aliphatic carbocycles. The Balaban J connectivity index is 0.00000400. The zero-order valence-corrected chi connectivity index (χ0v) is 26.7. The van der Waals surface area contributed by atoms with Crippen molar-refractivity contribution in [3.63, 3.8) is 0 Å². The van der Waals surface area contributed by atoms with E-state index in [1.807, 2.05) is 86.6 Å². The molecule has 1 saturated carbocycles. The molecule has 1 amide bonds. The van der Waals surface area contributed by atoms with Gasteiger partial charge < -0.3 is 19.7 Å². The molecular formula is C36H35Cl2N3O4. The molecule has 1 aromatic heterocycles. The highest BCUT2D eigenvalue weighted by Gasteiger charge is 2.24. The lowest BCUT2D eigenvalue weighted by Gasteiger charge is -2.17. The van der Waals surface area contributed by atoms with Gasteiger partial charge in [-0.2, -0.15) is 0 Å². The van der Waals surface area contributed by atoms with Crippen molar-refractivity contribution in [2.75, 3.05) is 0 Å². The molecule has 0 radical (unpaired) electrons. The van der Waals surface area contributed by atoms with Crippen molar-refractivity contribution in [1.29, 1.82) is 0 Å². The maximum atomic E-state index is 12.8. The second kappa shape index (κ2) is 13.8. The summed E-state index contributed by atoms with van der Waals surface area (Å²) in [4.78, 5) is 29.3. The second-order valence-corrected chi connectivity index (χ2v) is 12.0. The number of nitrogens with zero attached hydrogens (tertiary/aromatic N) is 2. The number of rotatable bonds is 9. The normalized spacial score (nSPS) is 13.2. The Morgan fingerprint density at radius 3 is 2.27 bits per heavy atom. The number of imidazole rings is 1. The summed E-state index contributed by atoms with van der Waals surface area (Å²) in [6, 6.07) is 26.6. The van der Waals surface area contributed by atoms with E-state index in [1.54, 1.807) is 12.1 Å². The first-order valence-electron chi connectivity index (χ1n) is 14.9. The van der Waals surface area contributed by atoms with Gasteiger partial charge in [0.15, 0.2) is 0 Å². The van der Waals surface area contributed by atoms with E-state index in [-0.39, 0.29) is 36.5 Å². The van der Waals surface area contributed by atoms with E-state index in [2.05, 4.69) is 9.88 Å². The first-order valence-corrected chi connectivity index (χ1v) is 15.3. The number of aromatic nitrogens is 2. The van der Waals surface area contributed by atoms with Gasteiger partial charge in [-0.25, -0.2) is 9.78 Å². The fraction of sp³-hybridized carbons (Fsp3) is 0.250. The molecule has 1 heterocycles. The number of carbonyl (C=O) groups excluding carboxylic acids is 1. The Labute approximate surface area is 273 Å². The minimum atomic E-state index is -0.962. The van der Waals surface area contributed by atoms with Crippen LogP contribution in [0.4, 0.5) is 0 Å². The largest absolute Gasteiger partial charge is 0.489 e. The molecule has 0 saturated heterocycles. The van der Waals surface area contributed by atoms with Crippen LogP contribution in [0.3, 0.4) is 0 Å². The zero-order chi connectivity index (χ0) is 30.8. The van der Waals surface area contributed by atoms with Gasteiger partial charge in [0.25, 0.3) is 5.91 Å². The highest BCUT2D eigenvalue weighted by Crippen LogP contribution is 2.37. The molecule has 4 aromatic carbocycles. The van der Waals surface area contributed by atoms with Gasteiger partial charge in [-0.3, -0.25) is 4.79 Å². The standard InChI is InChI=1S/C36H34ClN3O4.ClH/c1-22(2)38-35(41)25-11-17-31(23-7-13-28(37)14-8-23)27(19-25)21-44-30-15-9-24(10-16-30)34-39-32-20-26(36(42)43)12-18-33(32)40(34)29-5-3-4-6-29;/h7-20,22,29H,3-6,21H2,1-2H3,(H,38,41)(H,42,43);1H. The third kappa shape index (κ3) is 7.00. The van der Waals surface area contributed by atoms with Crippen LogP contribution in [-0.2, 0) is 6.61 Å². The number of fused-ring (bicyclic) bond motifs is 1. The van der Waals surface area contributed by atoms with E-state index in [1.165, 1.54) is 12.8 Å². The van der Waals surface area contributed by atoms with Crippen LogP contribution in [0.25, 0.3) is 33.5 Å². The number of carbonyl (C=O) groups is 2. The maximum Gasteiger partial charge on any atom is 0.335 e. The summed E-state index contributed by atoms with van der Waals surface area (Å²) in [6.45, 7) is 4.13. The molecule has 45 heavy (non-hydrogen) atoms. The van der Waals surface area contributed by atoms with Crippen LogP contribution in [0.2, 0.25) is 5.02 Å². The Hall–Kier alpha value is -4.33. The fourth-order valence-corrected chi connectivity index (χ4v) is 6.07. The Morgan fingerprint density at radius 1 is 0.933 bits per heavy atom. The van der Waals surface area contributed by atoms with Gasteiger partial charge in [-0.1, -0.05) is 42.6 Å².